The Morgan fingerprint density at radius 2 is 1.50 bits per heavy atom. The van der Waals surface area contributed by atoms with E-state index in [0.29, 0.717) is 30.2 Å². The van der Waals surface area contributed by atoms with Crippen molar-refractivity contribution in [2.45, 2.75) is 0 Å². The summed E-state index contributed by atoms with van der Waals surface area (Å²) >= 11 is 0. The quantitative estimate of drug-likeness (QED) is 0.472. The fraction of sp³-hybridized carbons (Fsp3) is 0.200. The van der Waals surface area contributed by atoms with Gasteiger partial charge in [0.05, 0.1) is 13.2 Å². The van der Waals surface area contributed by atoms with Crippen molar-refractivity contribution in [3.8, 4) is 5.75 Å². The standard InChI is InChI=1S/C25H27N3O4/c1-28(22-6-4-3-5-7-22)25(30)19-8-10-20(11-9-19)26-18-24(29)27-21-12-14-23(15-13-21)32-17-16-31-2/h3-15,26H,16-18H2,1-2H3,(H,27,29). The molecule has 0 saturated carbocycles. The number of rotatable bonds is 10. The lowest BCUT2D eigenvalue weighted by molar-refractivity contribution is -0.114. The first-order valence-electron chi connectivity index (χ1n) is 10.3. The van der Waals surface area contributed by atoms with E-state index >= 15 is 0 Å². The van der Waals surface area contributed by atoms with E-state index in [2.05, 4.69) is 10.6 Å². The summed E-state index contributed by atoms with van der Waals surface area (Å²) in [6, 6.07) is 23.7. The highest BCUT2D eigenvalue weighted by Gasteiger charge is 2.13. The minimum atomic E-state index is -0.179. The number of methoxy groups -OCH3 is 1. The second-order valence-corrected chi connectivity index (χ2v) is 7.04. The number of amides is 2. The maximum absolute atomic E-state index is 12.6. The molecule has 7 nitrogen and oxygen atoms in total. The fourth-order valence-corrected chi connectivity index (χ4v) is 2.96. The van der Waals surface area contributed by atoms with Crippen molar-refractivity contribution in [1.29, 1.82) is 0 Å². The van der Waals surface area contributed by atoms with Gasteiger partial charge < -0.3 is 25.0 Å². The van der Waals surface area contributed by atoms with Gasteiger partial charge >= 0.3 is 0 Å². The van der Waals surface area contributed by atoms with Gasteiger partial charge in [0, 0.05) is 36.8 Å². The highest BCUT2D eigenvalue weighted by Crippen LogP contribution is 2.17. The minimum absolute atomic E-state index is 0.100. The lowest BCUT2D eigenvalue weighted by atomic mass is 10.1. The average molecular weight is 434 g/mol. The molecule has 0 bridgehead atoms. The molecule has 3 aromatic carbocycles. The number of ether oxygens (including phenoxy) is 2. The van der Waals surface area contributed by atoms with Crippen LogP contribution in [0.1, 0.15) is 10.4 Å². The van der Waals surface area contributed by atoms with Crippen molar-refractivity contribution in [3.05, 3.63) is 84.4 Å². The maximum Gasteiger partial charge on any atom is 0.258 e. The first kappa shape index (κ1) is 22.8. The van der Waals surface area contributed by atoms with Crippen LogP contribution in [0.3, 0.4) is 0 Å². The molecule has 0 aliphatic carbocycles. The van der Waals surface area contributed by atoms with E-state index in [9.17, 15) is 9.59 Å². The van der Waals surface area contributed by atoms with Crippen LogP contribution in [0.5, 0.6) is 5.75 Å². The molecule has 0 spiro atoms. The molecule has 3 aromatic rings. The SMILES string of the molecule is COCCOc1ccc(NC(=O)CNc2ccc(C(=O)N(C)c3ccccc3)cc2)cc1. The van der Waals surface area contributed by atoms with Gasteiger partial charge in [-0.3, -0.25) is 9.59 Å². The van der Waals surface area contributed by atoms with Gasteiger partial charge in [0.15, 0.2) is 0 Å². The number of nitrogens with zero attached hydrogens (tertiary/aromatic N) is 1. The third-order valence-corrected chi connectivity index (χ3v) is 4.73. The summed E-state index contributed by atoms with van der Waals surface area (Å²) in [5.41, 5.74) is 2.83. The largest absolute Gasteiger partial charge is 0.491 e. The maximum atomic E-state index is 12.6. The number of anilines is 3. The normalized spacial score (nSPS) is 10.3. The van der Waals surface area contributed by atoms with Gasteiger partial charge in [-0.25, -0.2) is 0 Å². The number of carbonyl (C=O) groups excluding carboxylic acids is 2. The Bertz CT molecular complexity index is 1010. The first-order chi connectivity index (χ1) is 15.6. The second kappa shape index (κ2) is 11.5. The Balaban J connectivity index is 1.47. The molecule has 0 aromatic heterocycles. The molecule has 2 amide bonds. The Morgan fingerprint density at radius 1 is 0.844 bits per heavy atom. The lowest BCUT2D eigenvalue weighted by Crippen LogP contribution is -2.26. The first-order valence-corrected chi connectivity index (χ1v) is 10.3. The summed E-state index contributed by atoms with van der Waals surface area (Å²) in [6.07, 6.45) is 0. The van der Waals surface area contributed by atoms with E-state index in [0.717, 1.165) is 11.4 Å². The number of hydrogen-bond donors (Lipinski definition) is 2. The van der Waals surface area contributed by atoms with Gasteiger partial charge in [-0.15, -0.1) is 0 Å². The number of nitrogens with one attached hydrogen (secondary N) is 2. The van der Waals surface area contributed by atoms with Crippen LogP contribution in [0.2, 0.25) is 0 Å². The van der Waals surface area contributed by atoms with Crippen LogP contribution in [0.4, 0.5) is 17.1 Å². The van der Waals surface area contributed by atoms with Crippen molar-refractivity contribution < 1.29 is 19.1 Å². The summed E-state index contributed by atoms with van der Waals surface area (Å²) < 4.78 is 10.4. The van der Waals surface area contributed by atoms with E-state index < -0.39 is 0 Å². The molecule has 166 valence electrons. The van der Waals surface area contributed by atoms with E-state index in [1.165, 1.54) is 0 Å². The van der Waals surface area contributed by atoms with E-state index in [1.807, 2.05) is 30.3 Å². The molecule has 3 rings (SSSR count). The molecule has 0 aliphatic heterocycles. The molecule has 0 fully saturated rings. The van der Waals surface area contributed by atoms with Crippen LogP contribution in [0.25, 0.3) is 0 Å². The van der Waals surface area contributed by atoms with Crippen LogP contribution in [-0.2, 0) is 9.53 Å². The molecule has 0 aliphatic rings. The summed E-state index contributed by atoms with van der Waals surface area (Å²) in [4.78, 5) is 26.5. The number of carbonyl (C=O) groups is 2. The van der Waals surface area contributed by atoms with Crippen LogP contribution < -0.4 is 20.3 Å². The zero-order valence-corrected chi connectivity index (χ0v) is 18.2. The molecule has 0 unspecified atom stereocenters. The van der Waals surface area contributed by atoms with Gasteiger partial charge in [-0.05, 0) is 60.7 Å². The third kappa shape index (κ3) is 6.58. The van der Waals surface area contributed by atoms with E-state index in [4.69, 9.17) is 9.47 Å². The monoisotopic (exact) mass is 433 g/mol. The van der Waals surface area contributed by atoms with Crippen LogP contribution in [0.15, 0.2) is 78.9 Å². The summed E-state index contributed by atoms with van der Waals surface area (Å²) in [5.74, 6) is 0.433. The highest BCUT2D eigenvalue weighted by molar-refractivity contribution is 6.05. The van der Waals surface area contributed by atoms with Gasteiger partial charge in [-0.2, -0.15) is 0 Å². The van der Waals surface area contributed by atoms with Crippen LogP contribution in [0, 0.1) is 0 Å². The molecule has 2 N–H and O–H groups in total. The summed E-state index contributed by atoms with van der Waals surface area (Å²) in [5, 5.41) is 5.89. The van der Waals surface area contributed by atoms with Gasteiger partial charge in [0.25, 0.3) is 5.91 Å². The lowest BCUT2D eigenvalue weighted by Gasteiger charge is -2.17. The van der Waals surface area contributed by atoms with Crippen molar-refractivity contribution >= 4 is 28.9 Å². The summed E-state index contributed by atoms with van der Waals surface area (Å²) in [7, 11) is 3.36. The Kier molecular flexibility index (Phi) is 8.22. The van der Waals surface area contributed by atoms with Gasteiger partial charge in [-0.1, -0.05) is 18.2 Å². The second-order valence-electron chi connectivity index (χ2n) is 7.04. The predicted octanol–water partition coefficient (Wildman–Crippen LogP) is 4.04. The Hall–Kier alpha value is -3.84. The highest BCUT2D eigenvalue weighted by atomic mass is 16.5. The van der Waals surface area contributed by atoms with Crippen molar-refractivity contribution in [2.75, 3.05) is 49.4 Å². The molecule has 7 heteroatoms. The Labute approximate surface area is 188 Å². The van der Waals surface area contributed by atoms with E-state index in [-0.39, 0.29) is 18.4 Å². The average Bonchev–Trinajstić information content (AvgIpc) is 2.84. The van der Waals surface area contributed by atoms with Gasteiger partial charge in [0.1, 0.15) is 12.4 Å². The molecular weight excluding hydrogens is 406 g/mol. The summed E-state index contributed by atoms with van der Waals surface area (Å²) in [6.45, 7) is 1.09. The minimum Gasteiger partial charge on any atom is -0.491 e. The zero-order valence-electron chi connectivity index (χ0n) is 18.2. The van der Waals surface area contributed by atoms with Crippen molar-refractivity contribution in [2.24, 2.45) is 0 Å². The number of hydrogen-bond acceptors (Lipinski definition) is 5. The molecule has 0 heterocycles. The van der Waals surface area contributed by atoms with Gasteiger partial charge in [0.2, 0.25) is 5.91 Å². The fourth-order valence-electron chi connectivity index (χ4n) is 2.96. The number of benzene rings is 3. The molecule has 0 atom stereocenters. The van der Waals surface area contributed by atoms with Crippen molar-refractivity contribution in [3.63, 3.8) is 0 Å². The topological polar surface area (TPSA) is 79.9 Å². The Morgan fingerprint density at radius 3 is 2.16 bits per heavy atom. The molecule has 0 radical (unpaired) electrons. The van der Waals surface area contributed by atoms with E-state index in [1.54, 1.807) is 67.6 Å². The molecular formula is C25H27N3O4. The third-order valence-electron chi connectivity index (χ3n) is 4.73. The predicted molar refractivity (Wildman–Crippen MR) is 127 cm³/mol. The van der Waals surface area contributed by atoms with Crippen LogP contribution >= 0.6 is 0 Å². The smallest absolute Gasteiger partial charge is 0.258 e. The molecule has 32 heavy (non-hydrogen) atoms. The van der Waals surface area contributed by atoms with Crippen molar-refractivity contribution in [1.82, 2.24) is 0 Å². The number of para-hydroxylation sites is 1. The molecule has 0 saturated heterocycles. The van der Waals surface area contributed by atoms with Crippen LogP contribution in [-0.4, -0.2) is 45.7 Å². The zero-order chi connectivity index (χ0) is 22.8.